The van der Waals surface area contributed by atoms with E-state index in [4.69, 9.17) is 10.7 Å². The molecule has 0 N–H and O–H groups in total. The van der Waals surface area contributed by atoms with Crippen molar-refractivity contribution in [2.45, 2.75) is 31.6 Å². The van der Waals surface area contributed by atoms with Crippen LogP contribution in [0.1, 0.15) is 35.7 Å². The molecule has 0 heterocycles. The van der Waals surface area contributed by atoms with Crippen LogP contribution in [-0.2, 0) is 9.05 Å². The van der Waals surface area contributed by atoms with Gasteiger partial charge in [-0.25, -0.2) is 12.8 Å². The van der Waals surface area contributed by atoms with Crippen LogP contribution in [0.15, 0.2) is 17.0 Å². The summed E-state index contributed by atoms with van der Waals surface area (Å²) in [5.41, 5.74) is -0.112. The van der Waals surface area contributed by atoms with Crippen molar-refractivity contribution in [1.82, 2.24) is 4.90 Å². The van der Waals surface area contributed by atoms with Crippen LogP contribution in [0.3, 0.4) is 0 Å². The van der Waals surface area contributed by atoms with Crippen molar-refractivity contribution in [2.75, 3.05) is 13.6 Å². The Kier molecular flexibility index (Phi) is 5.53. The molecule has 4 nitrogen and oxygen atoms in total. The molecule has 112 valence electrons. The number of hydrogen-bond acceptors (Lipinski definition) is 3. The van der Waals surface area contributed by atoms with E-state index in [1.54, 1.807) is 7.05 Å². The molecule has 0 bridgehead atoms. The summed E-state index contributed by atoms with van der Waals surface area (Å²) in [6.45, 7) is 3.81. The lowest BCUT2D eigenvalue weighted by Crippen LogP contribution is -2.28. The van der Waals surface area contributed by atoms with E-state index in [0.29, 0.717) is 6.54 Å². The average Bonchev–Trinajstić information content (AvgIpc) is 2.36. The molecule has 0 saturated heterocycles. The number of benzene rings is 1. The average molecular weight is 322 g/mol. The SMILES string of the molecule is CCCCN(C)C(=O)c1cc(F)c(C)c(S(=O)(=O)Cl)c1. The molecule has 0 aliphatic heterocycles. The Morgan fingerprint density at radius 2 is 2.00 bits per heavy atom. The van der Waals surface area contributed by atoms with Crippen LogP contribution in [0.2, 0.25) is 0 Å². The number of unbranched alkanes of at least 4 members (excludes halogenated alkanes) is 1. The molecule has 7 heteroatoms. The molecule has 0 radical (unpaired) electrons. The van der Waals surface area contributed by atoms with Crippen LogP contribution in [0.25, 0.3) is 0 Å². The number of rotatable bonds is 5. The molecular weight excluding hydrogens is 305 g/mol. The van der Waals surface area contributed by atoms with Crippen LogP contribution in [-0.4, -0.2) is 32.8 Å². The van der Waals surface area contributed by atoms with E-state index in [1.165, 1.54) is 11.8 Å². The molecule has 0 aromatic heterocycles. The second-order valence-electron chi connectivity index (χ2n) is 4.60. The highest BCUT2D eigenvalue weighted by Crippen LogP contribution is 2.24. The van der Waals surface area contributed by atoms with Gasteiger partial charge in [-0.15, -0.1) is 0 Å². The van der Waals surface area contributed by atoms with Crippen LogP contribution < -0.4 is 0 Å². The molecular formula is C13H17ClFNO3S. The second-order valence-corrected chi connectivity index (χ2v) is 7.13. The molecule has 1 aromatic carbocycles. The first kappa shape index (κ1) is 16.9. The van der Waals surface area contributed by atoms with Gasteiger partial charge in [0.15, 0.2) is 0 Å². The van der Waals surface area contributed by atoms with Gasteiger partial charge in [-0.05, 0) is 25.5 Å². The van der Waals surface area contributed by atoms with Crippen molar-refractivity contribution in [3.05, 3.63) is 29.1 Å². The third kappa shape index (κ3) is 3.93. The fraction of sp³-hybridized carbons (Fsp3) is 0.462. The minimum atomic E-state index is -4.09. The molecule has 0 unspecified atom stereocenters. The molecule has 0 saturated carbocycles. The lowest BCUT2D eigenvalue weighted by atomic mass is 10.1. The normalized spacial score (nSPS) is 11.4. The Labute approximate surface area is 123 Å². The van der Waals surface area contributed by atoms with Crippen LogP contribution in [0.4, 0.5) is 4.39 Å². The van der Waals surface area contributed by atoms with Crippen LogP contribution in [0, 0.1) is 12.7 Å². The van der Waals surface area contributed by atoms with E-state index in [-0.39, 0.29) is 16.0 Å². The second kappa shape index (κ2) is 6.54. The van der Waals surface area contributed by atoms with E-state index in [1.807, 2.05) is 6.92 Å². The van der Waals surface area contributed by atoms with Crippen molar-refractivity contribution in [3.63, 3.8) is 0 Å². The van der Waals surface area contributed by atoms with Crippen molar-refractivity contribution in [2.24, 2.45) is 0 Å². The summed E-state index contributed by atoms with van der Waals surface area (Å²) in [7, 11) is 2.75. The maximum absolute atomic E-state index is 13.8. The van der Waals surface area contributed by atoms with Gasteiger partial charge in [-0.2, -0.15) is 0 Å². The van der Waals surface area contributed by atoms with Crippen molar-refractivity contribution >= 4 is 25.6 Å². The van der Waals surface area contributed by atoms with Gasteiger partial charge >= 0.3 is 0 Å². The first-order valence-electron chi connectivity index (χ1n) is 6.18. The summed E-state index contributed by atoms with van der Waals surface area (Å²) in [5, 5.41) is 0. The maximum atomic E-state index is 13.8. The Morgan fingerprint density at radius 1 is 1.40 bits per heavy atom. The molecule has 0 aliphatic rings. The van der Waals surface area contributed by atoms with E-state index in [2.05, 4.69) is 0 Å². The highest BCUT2D eigenvalue weighted by atomic mass is 35.7. The summed E-state index contributed by atoms with van der Waals surface area (Å²) in [4.78, 5) is 13.2. The molecule has 1 aromatic rings. The summed E-state index contributed by atoms with van der Waals surface area (Å²) in [6.07, 6.45) is 1.73. The molecule has 20 heavy (non-hydrogen) atoms. The molecule has 0 atom stereocenters. The monoisotopic (exact) mass is 321 g/mol. The lowest BCUT2D eigenvalue weighted by Gasteiger charge is -2.17. The summed E-state index contributed by atoms with van der Waals surface area (Å²) in [5.74, 6) is -1.20. The fourth-order valence-electron chi connectivity index (χ4n) is 1.75. The van der Waals surface area contributed by atoms with Crippen molar-refractivity contribution < 1.29 is 17.6 Å². The van der Waals surface area contributed by atoms with Crippen LogP contribution >= 0.6 is 10.7 Å². The summed E-state index contributed by atoms with van der Waals surface area (Å²) < 4.78 is 36.5. The van der Waals surface area contributed by atoms with E-state index in [9.17, 15) is 17.6 Å². The minimum Gasteiger partial charge on any atom is -0.342 e. The Hall–Kier alpha value is -1.14. The van der Waals surface area contributed by atoms with Crippen molar-refractivity contribution in [1.29, 1.82) is 0 Å². The molecule has 0 spiro atoms. The lowest BCUT2D eigenvalue weighted by molar-refractivity contribution is 0.0792. The van der Waals surface area contributed by atoms with E-state index in [0.717, 1.165) is 25.0 Å². The van der Waals surface area contributed by atoms with E-state index >= 15 is 0 Å². The zero-order chi connectivity index (χ0) is 15.5. The number of carbonyl (C=O) groups is 1. The van der Waals surface area contributed by atoms with Gasteiger partial charge in [0.05, 0.1) is 4.90 Å². The molecule has 1 rings (SSSR count). The first-order valence-corrected chi connectivity index (χ1v) is 8.49. The van der Waals surface area contributed by atoms with Gasteiger partial charge in [-0.1, -0.05) is 13.3 Å². The maximum Gasteiger partial charge on any atom is 0.261 e. The molecule has 1 amide bonds. The van der Waals surface area contributed by atoms with Gasteiger partial charge in [-0.3, -0.25) is 4.79 Å². The summed E-state index contributed by atoms with van der Waals surface area (Å²) >= 11 is 0. The highest BCUT2D eigenvalue weighted by molar-refractivity contribution is 8.13. The largest absolute Gasteiger partial charge is 0.342 e. The number of amides is 1. The van der Waals surface area contributed by atoms with Gasteiger partial charge in [0.25, 0.3) is 15.0 Å². The van der Waals surface area contributed by atoms with E-state index < -0.39 is 20.8 Å². The van der Waals surface area contributed by atoms with Gasteiger partial charge in [0.1, 0.15) is 5.82 Å². The van der Waals surface area contributed by atoms with Crippen molar-refractivity contribution in [3.8, 4) is 0 Å². The van der Waals surface area contributed by atoms with Crippen LogP contribution in [0.5, 0.6) is 0 Å². The molecule has 0 fully saturated rings. The zero-order valence-corrected chi connectivity index (χ0v) is 13.2. The van der Waals surface area contributed by atoms with Gasteiger partial charge < -0.3 is 4.90 Å². The predicted molar refractivity (Wildman–Crippen MR) is 76.0 cm³/mol. The highest BCUT2D eigenvalue weighted by Gasteiger charge is 2.21. The molecule has 0 aliphatic carbocycles. The first-order chi connectivity index (χ1) is 9.18. The smallest absolute Gasteiger partial charge is 0.261 e. The zero-order valence-electron chi connectivity index (χ0n) is 11.6. The van der Waals surface area contributed by atoms with Gasteiger partial charge in [0.2, 0.25) is 0 Å². The predicted octanol–water partition coefficient (Wildman–Crippen LogP) is 2.93. The Bertz CT molecular complexity index is 616. The Balaban J connectivity index is 3.21. The topological polar surface area (TPSA) is 54.5 Å². The number of hydrogen-bond donors (Lipinski definition) is 0. The summed E-state index contributed by atoms with van der Waals surface area (Å²) in [6, 6.07) is 2.15. The number of nitrogens with zero attached hydrogens (tertiary/aromatic N) is 1. The number of carbonyl (C=O) groups excluding carboxylic acids is 1. The van der Waals surface area contributed by atoms with Gasteiger partial charge in [0, 0.05) is 35.4 Å². The quantitative estimate of drug-likeness (QED) is 0.783. The third-order valence-electron chi connectivity index (χ3n) is 3.00. The fourth-order valence-corrected chi connectivity index (χ4v) is 2.96. The third-order valence-corrected chi connectivity index (χ3v) is 4.45. The minimum absolute atomic E-state index is 0.0223. The standard InChI is InChI=1S/C13H17ClFNO3S/c1-4-5-6-16(3)13(17)10-7-11(15)9(2)12(8-10)20(14,18)19/h7-8H,4-6H2,1-3H3. The number of halogens is 2. The Morgan fingerprint density at radius 3 is 2.50 bits per heavy atom.